The third-order valence-electron chi connectivity index (χ3n) is 5.70. The Bertz CT molecular complexity index is 646. The summed E-state index contributed by atoms with van der Waals surface area (Å²) in [5, 5.41) is 1.27. The lowest BCUT2D eigenvalue weighted by molar-refractivity contribution is 0.0867. The number of fused-ring (bicyclic) bond motifs is 3. The fourth-order valence-electron chi connectivity index (χ4n) is 4.72. The van der Waals surface area contributed by atoms with Crippen LogP contribution in [0.3, 0.4) is 0 Å². The van der Waals surface area contributed by atoms with Gasteiger partial charge >= 0.3 is 0 Å². The van der Waals surface area contributed by atoms with Crippen LogP contribution in [0, 0.1) is 0 Å². The highest BCUT2D eigenvalue weighted by molar-refractivity contribution is 5.81. The fraction of sp³-hybridized carbons (Fsp3) is 0.579. The third kappa shape index (κ3) is 2.32. The van der Waals surface area contributed by atoms with Crippen LogP contribution >= 0.6 is 0 Å². The van der Waals surface area contributed by atoms with Gasteiger partial charge in [0.25, 0.3) is 0 Å². The molecule has 3 unspecified atom stereocenters. The van der Waals surface area contributed by atoms with E-state index in [0.29, 0.717) is 6.04 Å². The van der Waals surface area contributed by atoms with Crippen molar-refractivity contribution in [3.8, 4) is 5.75 Å². The first-order valence-electron chi connectivity index (χ1n) is 8.66. The monoisotopic (exact) mass is 298 g/mol. The summed E-state index contributed by atoms with van der Waals surface area (Å²) >= 11 is 0. The van der Waals surface area contributed by atoms with E-state index in [0.717, 1.165) is 24.4 Å². The van der Waals surface area contributed by atoms with Crippen LogP contribution < -0.4 is 4.74 Å². The quantitative estimate of drug-likeness (QED) is 0.847. The normalized spacial score (nSPS) is 26.5. The Balaban J connectivity index is 1.55. The van der Waals surface area contributed by atoms with E-state index in [1.807, 2.05) is 0 Å². The van der Waals surface area contributed by atoms with Crippen molar-refractivity contribution in [1.29, 1.82) is 0 Å². The van der Waals surface area contributed by atoms with E-state index in [9.17, 15) is 0 Å². The lowest BCUT2D eigenvalue weighted by Crippen LogP contribution is -2.46. The van der Waals surface area contributed by atoms with Crippen LogP contribution in [0.15, 0.2) is 30.5 Å². The molecular weight excluding hydrogens is 272 g/mol. The molecule has 0 spiro atoms. The number of nitrogens with zero attached hydrogens (tertiary/aromatic N) is 2. The van der Waals surface area contributed by atoms with Crippen LogP contribution in [0.1, 0.15) is 39.0 Å². The van der Waals surface area contributed by atoms with Crippen LogP contribution in [0.5, 0.6) is 5.75 Å². The molecule has 1 aromatic heterocycles. The average molecular weight is 298 g/mol. The van der Waals surface area contributed by atoms with E-state index in [4.69, 9.17) is 4.74 Å². The number of hydrogen-bond donors (Lipinski definition) is 0. The summed E-state index contributed by atoms with van der Waals surface area (Å²) in [4.78, 5) is 2.82. The second-order valence-corrected chi connectivity index (χ2v) is 7.00. The van der Waals surface area contributed by atoms with Crippen LogP contribution in [-0.4, -0.2) is 34.7 Å². The van der Waals surface area contributed by atoms with E-state index in [-0.39, 0.29) is 0 Å². The summed E-state index contributed by atoms with van der Waals surface area (Å²) in [5.74, 6) is 0.937. The van der Waals surface area contributed by atoms with Crippen LogP contribution in [0.2, 0.25) is 0 Å². The summed E-state index contributed by atoms with van der Waals surface area (Å²) in [7, 11) is 1.73. The Morgan fingerprint density at radius 2 is 1.91 bits per heavy atom. The van der Waals surface area contributed by atoms with Gasteiger partial charge in [-0.3, -0.25) is 4.90 Å². The largest absolute Gasteiger partial charge is 0.497 e. The van der Waals surface area contributed by atoms with E-state index < -0.39 is 0 Å². The number of hydrogen-bond acceptors (Lipinski definition) is 2. The number of aromatic nitrogens is 1. The number of ether oxygens (including phenoxy) is 1. The Labute approximate surface area is 132 Å². The van der Waals surface area contributed by atoms with Gasteiger partial charge in [-0.05, 0) is 56.9 Å². The molecule has 2 saturated heterocycles. The molecule has 3 heterocycles. The molecule has 2 bridgehead atoms. The van der Waals surface area contributed by atoms with Crippen LogP contribution in [0.4, 0.5) is 0 Å². The maximum Gasteiger partial charge on any atom is 0.119 e. The lowest BCUT2D eigenvalue weighted by Gasteiger charge is -2.39. The highest BCUT2D eigenvalue weighted by Gasteiger charge is 2.38. The summed E-state index contributed by atoms with van der Waals surface area (Å²) in [5.41, 5.74) is 1.32. The summed E-state index contributed by atoms with van der Waals surface area (Å²) in [6.07, 6.45) is 9.31. The zero-order valence-electron chi connectivity index (χ0n) is 13.7. The van der Waals surface area contributed by atoms with Crippen molar-refractivity contribution < 1.29 is 4.74 Å². The first-order valence-corrected chi connectivity index (χ1v) is 8.66. The maximum atomic E-state index is 5.33. The summed E-state index contributed by atoms with van der Waals surface area (Å²) < 4.78 is 7.74. The van der Waals surface area contributed by atoms with Gasteiger partial charge in [0, 0.05) is 41.8 Å². The SMILES string of the molecule is COc1ccc2c(ccn2CC(C)N2C3CCCC2CC3)c1. The minimum atomic E-state index is 0.621. The highest BCUT2D eigenvalue weighted by Crippen LogP contribution is 2.37. The van der Waals surface area contributed by atoms with Gasteiger partial charge in [-0.15, -0.1) is 0 Å². The number of piperidine rings is 1. The highest BCUT2D eigenvalue weighted by atomic mass is 16.5. The van der Waals surface area contributed by atoms with Gasteiger partial charge in [0.1, 0.15) is 5.75 Å². The Hall–Kier alpha value is -1.48. The van der Waals surface area contributed by atoms with E-state index in [1.54, 1.807) is 7.11 Å². The first kappa shape index (κ1) is 14.1. The van der Waals surface area contributed by atoms with Crippen molar-refractivity contribution in [2.45, 2.75) is 63.7 Å². The van der Waals surface area contributed by atoms with Crippen molar-refractivity contribution in [1.82, 2.24) is 9.47 Å². The molecule has 0 N–H and O–H groups in total. The van der Waals surface area contributed by atoms with Crippen LogP contribution in [-0.2, 0) is 6.54 Å². The van der Waals surface area contributed by atoms with E-state index >= 15 is 0 Å². The molecule has 2 fully saturated rings. The van der Waals surface area contributed by atoms with Crippen molar-refractivity contribution in [3.05, 3.63) is 30.5 Å². The Kier molecular flexibility index (Phi) is 3.61. The molecule has 0 amide bonds. The fourth-order valence-corrected chi connectivity index (χ4v) is 4.72. The molecule has 3 nitrogen and oxygen atoms in total. The van der Waals surface area contributed by atoms with Gasteiger partial charge in [0.05, 0.1) is 7.11 Å². The zero-order valence-corrected chi connectivity index (χ0v) is 13.7. The topological polar surface area (TPSA) is 17.4 Å². The minimum Gasteiger partial charge on any atom is -0.497 e. The smallest absolute Gasteiger partial charge is 0.119 e. The molecule has 2 aliphatic heterocycles. The van der Waals surface area contributed by atoms with Crippen molar-refractivity contribution in [2.24, 2.45) is 0 Å². The molecule has 0 aliphatic carbocycles. The van der Waals surface area contributed by atoms with Crippen molar-refractivity contribution in [3.63, 3.8) is 0 Å². The summed E-state index contributed by atoms with van der Waals surface area (Å²) in [6.45, 7) is 3.49. The standard InChI is InChI=1S/C19H26N2O/c1-14(21-16-4-3-5-17(21)7-6-16)13-20-11-10-15-12-18(22-2)8-9-19(15)20/h8-12,14,16-17H,3-7,13H2,1-2H3. The van der Waals surface area contributed by atoms with Gasteiger partial charge < -0.3 is 9.30 Å². The van der Waals surface area contributed by atoms with Gasteiger partial charge in [0.15, 0.2) is 0 Å². The molecule has 22 heavy (non-hydrogen) atoms. The predicted molar refractivity (Wildman–Crippen MR) is 90.5 cm³/mol. The zero-order chi connectivity index (χ0) is 15.1. The predicted octanol–water partition coefficient (Wildman–Crippen LogP) is 4.06. The molecule has 1 aromatic carbocycles. The molecule has 0 saturated carbocycles. The number of methoxy groups -OCH3 is 1. The average Bonchev–Trinajstić information content (AvgIpc) is 3.05. The van der Waals surface area contributed by atoms with Gasteiger partial charge in [-0.25, -0.2) is 0 Å². The molecule has 0 radical (unpaired) electrons. The van der Waals surface area contributed by atoms with Crippen molar-refractivity contribution >= 4 is 10.9 Å². The molecule has 4 rings (SSSR count). The number of rotatable bonds is 4. The molecule has 118 valence electrons. The van der Waals surface area contributed by atoms with E-state index in [1.165, 1.54) is 43.0 Å². The molecule has 2 aromatic rings. The number of benzene rings is 1. The molecular formula is C19H26N2O. The van der Waals surface area contributed by atoms with Gasteiger partial charge in [0.2, 0.25) is 0 Å². The maximum absolute atomic E-state index is 5.33. The summed E-state index contributed by atoms with van der Waals surface area (Å²) in [6, 6.07) is 10.9. The minimum absolute atomic E-state index is 0.621. The lowest BCUT2D eigenvalue weighted by atomic mass is 10.0. The second-order valence-electron chi connectivity index (χ2n) is 7.00. The third-order valence-corrected chi connectivity index (χ3v) is 5.70. The molecule has 3 heteroatoms. The second kappa shape index (κ2) is 5.62. The van der Waals surface area contributed by atoms with Gasteiger partial charge in [-0.2, -0.15) is 0 Å². The molecule has 2 aliphatic rings. The van der Waals surface area contributed by atoms with Crippen LogP contribution in [0.25, 0.3) is 10.9 Å². The van der Waals surface area contributed by atoms with E-state index in [2.05, 4.69) is 46.9 Å². The Morgan fingerprint density at radius 3 is 2.64 bits per heavy atom. The van der Waals surface area contributed by atoms with Crippen molar-refractivity contribution in [2.75, 3.05) is 7.11 Å². The molecule has 3 atom stereocenters. The van der Waals surface area contributed by atoms with Gasteiger partial charge in [-0.1, -0.05) is 6.42 Å². The first-order chi connectivity index (χ1) is 10.8. The Morgan fingerprint density at radius 1 is 1.14 bits per heavy atom.